The molecule has 0 saturated carbocycles. The second kappa shape index (κ2) is 6.94. The summed E-state index contributed by atoms with van der Waals surface area (Å²) in [7, 11) is 0. The fourth-order valence-electron chi connectivity index (χ4n) is 2.07. The van der Waals surface area contributed by atoms with Crippen LogP contribution in [0.15, 0.2) is 12.1 Å². The number of nitrogens with zero attached hydrogens (tertiary/aromatic N) is 1. The van der Waals surface area contributed by atoms with Crippen LogP contribution >= 0.6 is 0 Å². The molecule has 0 bridgehead atoms. The van der Waals surface area contributed by atoms with Crippen molar-refractivity contribution in [2.75, 3.05) is 6.54 Å². The Hall–Kier alpha value is -1.82. The first-order valence-corrected chi connectivity index (χ1v) is 6.73. The molecule has 1 unspecified atom stereocenters. The molecule has 0 heterocycles. The Morgan fingerprint density at radius 3 is 2.47 bits per heavy atom. The van der Waals surface area contributed by atoms with Crippen LogP contribution in [-0.4, -0.2) is 12.5 Å². The third-order valence-corrected chi connectivity index (χ3v) is 3.53. The molecule has 1 aromatic rings. The Labute approximate surface area is 115 Å². The molecule has 1 rings (SSSR count). The highest BCUT2D eigenvalue weighted by Gasteiger charge is 2.14. The maximum absolute atomic E-state index is 11.7. The van der Waals surface area contributed by atoms with Crippen molar-refractivity contribution in [3.8, 4) is 6.07 Å². The summed E-state index contributed by atoms with van der Waals surface area (Å²) in [6.07, 6.45) is 1.37. The van der Waals surface area contributed by atoms with Gasteiger partial charge in [-0.3, -0.25) is 4.79 Å². The van der Waals surface area contributed by atoms with Crippen LogP contribution in [0.3, 0.4) is 0 Å². The minimum Gasteiger partial charge on any atom is -0.355 e. The Morgan fingerprint density at radius 1 is 1.26 bits per heavy atom. The van der Waals surface area contributed by atoms with Gasteiger partial charge in [0.1, 0.15) is 5.92 Å². The Kier molecular flexibility index (Phi) is 5.57. The van der Waals surface area contributed by atoms with E-state index in [2.05, 4.69) is 38.2 Å². The summed E-state index contributed by atoms with van der Waals surface area (Å²) >= 11 is 0. The first-order chi connectivity index (χ1) is 8.99. The molecule has 0 radical (unpaired) electrons. The summed E-state index contributed by atoms with van der Waals surface area (Å²) in [5, 5.41) is 11.6. The molecule has 0 aromatic heterocycles. The lowest BCUT2D eigenvalue weighted by Gasteiger charge is -2.11. The predicted octanol–water partition coefficient (Wildman–Crippen LogP) is 2.82. The van der Waals surface area contributed by atoms with E-state index in [1.54, 1.807) is 0 Å². The summed E-state index contributed by atoms with van der Waals surface area (Å²) in [5.74, 6) is -0.688. The van der Waals surface area contributed by atoms with E-state index in [0.717, 1.165) is 6.42 Å². The van der Waals surface area contributed by atoms with Gasteiger partial charge in [0.15, 0.2) is 0 Å². The quantitative estimate of drug-likeness (QED) is 0.883. The molecule has 1 N–H and O–H groups in total. The number of nitrogens with one attached hydrogen (secondary N) is 1. The number of amides is 1. The van der Waals surface area contributed by atoms with Gasteiger partial charge < -0.3 is 5.32 Å². The molecule has 3 heteroatoms. The second-order valence-corrected chi connectivity index (χ2v) is 4.99. The van der Waals surface area contributed by atoms with Crippen molar-refractivity contribution in [3.63, 3.8) is 0 Å². The number of hydrogen-bond donors (Lipinski definition) is 1. The smallest absolute Gasteiger partial charge is 0.237 e. The number of benzene rings is 1. The molecule has 1 aromatic carbocycles. The second-order valence-electron chi connectivity index (χ2n) is 4.99. The van der Waals surface area contributed by atoms with E-state index in [1.165, 1.54) is 22.3 Å². The minimum atomic E-state index is -0.527. The van der Waals surface area contributed by atoms with E-state index in [-0.39, 0.29) is 5.91 Å². The third kappa shape index (κ3) is 4.10. The highest BCUT2D eigenvalue weighted by Crippen LogP contribution is 2.15. The van der Waals surface area contributed by atoms with Crippen molar-refractivity contribution < 1.29 is 4.79 Å². The van der Waals surface area contributed by atoms with Gasteiger partial charge in [-0.05, 0) is 55.9 Å². The summed E-state index contributed by atoms with van der Waals surface area (Å²) in [5.41, 5.74) is 5.08. The topological polar surface area (TPSA) is 52.9 Å². The number of aryl methyl sites for hydroxylation is 3. The highest BCUT2D eigenvalue weighted by atomic mass is 16.1. The van der Waals surface area contributed by atoms with Crippen molar-refractivity contribution in [1.29, 1.82) is 5.26 Å². The fourth-order valence-corrected chi connectivity index (χ4v) is 2.07. The molecular weight excluding hydrogens is 236 g/mol. The monoisotopic (exact) mass is 258 g/mol. The minimum absolute atomic E-state index is 0.161. The molecule has 0 saturated heterocycles. The van der Waals surface area contributed by atoms with Crippen molar-refractivity contribution in [1.82, 2.24) is 5.32 Å². The lowest BCUT2D eigenvalue weighted by atomic mass is 9.99. The molecule has 0 aliphatic heterocycles. The van der Waals surface area contributed by atoms with E-state index < -0.39 is 5.92 Å². The van der Waals surface area contributed by atoms with Gasteiger partial charge >= 0.3 is 0 Å². The average molecular weight is 258 g/mol. The van der Waals surface area contributed by atoms with E-state index in [4.69, 9.17) is 5.26 Å². The maximum Gasteiger partial charge on any atom is 0.237 e. The van der Waals surface area contributed by atoms with Crippen LogP contribution in [0.5, 0.6) is 0 Å². The van der Waals surface area contributed by atoms with Gasteiger partial charge in [0.05, 0.1) is 6.07 Å². The van der Waals surface area contributed by atoms with Crippen LogP contribution in [0.1, 0.15) is 35.6 Å². The highest BCUT2D eigenvalue weighted by molar-refractivity contribution is 5.80. The van der Waals surface area contributed by atoms with Crippen LogP contribution < -0.4 is 5.32 Å². The maximum atomic E-state index is 11.7. The first kappa shape index (κ1) is 15.2. The van der Waals surface area contributed by atoms with Gasteiger partial charge in [-0.25, -0.2) is 0 Å². The fraction of sp³-hybridized carbons (Fsp3) is 0.500. The number of rotatable bonds is 5. The van der Waals surface area contributed by atoms with Gasteiger partial charge in [-0.1, -0.05) is 19.1 Å². The molecule has 0 spiro atoms. The van der Waals surface area contributed by atoms with E-state index in [0.29, 0.717) is 13.0 Å². The van der Waals surface area contributed by atoms with Crippen LogP contribution in [0.2, 0.25) is 0 Å². The number of carbonyl (C=O) groups is 1. The van der Waals surface area contributed by atoms with Crippen molar-refractivity contribution in [2.45, 2.75) is 40.5 Å². The molecule has 102 valence electrons. The third-order valence-electron chi connectivity index (χ3n) is 3.53. The van der Waals surface area contributed by atoms with Crippen LogP contribution in [-0.2, 0) is 11.2 Å². The normalized spacial score (nSPS) is 11.7. The first-order valence-electron chi connectivity index (χ1n) is 6.73. The van der Waals surface area contributed by atoms with Gasteiger partial charge in [-0.2, -0.15) is 5.26 Å². The summed E-state index contributed by atoms with van der Waals surface area (Å²) in [4.78, 5) is 11.7. The van der Waals surface area contributed by atoms with E-state index in [9.17, 15) is 4.79 Å². The van der Waals surface area contributed by atoms with Crippen LogP contribution in [0.4, 0.5) is 0 Å². The Balaban J connectivity index is 2.57. The molecule has 1 amide bonds. The largest absolute Gasteiger partial charge is 0.355 e. The van der Waals surface area contributed by atoms with Crippen molar-refractivity contribution >= 4 is 5.91 Å². The zero-order valence-corrected chi connectivity index (χ0v) is 12.2. The number of carbonyl (C=O) groups excluding carboxylic acids is 1. The Morgan fingerprint density at radius 2 is 1.89 bits per heavy atom. The summed E-state index contributed by atoms with van der Waals surface area (Å²) in [6.45, 7) is 8.72. The summed E-state index contributed by atoms with van der Waals surface area (Å²) in [6, 6.07) is 6.37. The molecular formula is C16H22N2O. The molecule has 19 heavy (non-hydrogen) atoms. The lowest BCUT2D eigenvalue weighted by molar-refractivity contribution is -0.123. The van der Waals surface area contributed by atoms with E-state index in [1.807, 2.05) is 13.0 Å². The number of nitriles is 1. The average Bonchev–Trinajstić information content (AvgIpc) is 2.37. The number of hydrogen-bond acceptors (Lipinski definition) is 2. The van der Waals surface area contributed by atoms with Crippen LogP contribution in [0, 0.1) is 38.0 Å². The zero-order valence-electron chi connectivity index (χ0n) is 12.2. The van der Waals surface area contributed by atoms with Crippen molar-refractivity contribution in [2.24, 2.45) is 5.92 Å². The molecule has 3 nitrogen and oxygen atoms in total. The van der Waals surface area contributed by atoms with Gasteiger partial charge in [0.2, 0.25) is 5.91 Å². The predicted molar refractivity (Wildman–Crippen MR) is 76.8 cm³/mol. The van der Waals surface area contributed by atoms with Gasteiger partial charge in [-0.15, -0.1) is 0 Å². The molecule has 0 aliphatic rings. The van der Waals surface area contributed by atoms with Crippen LogP contribution in [0.25, 0.3) is 0 Å². The molecule has 1 atom stereocenters. The molecule has 0 fully saturated rings. The molecule has 0 aliphatic carbocycles. The SMILES string of the molecule is CCC(C#N)C(=O)NCCc1cc(C)c(C)cc1C. The van der Waals surface area contributed by atoms with Gasteiger partial charge in [0.25, 0.3) is 0 Å². The standard InChI is InChI=1S/C16H22N2O/c1-5-14(10-17)16(19)18-7-6-15-9-12(3)11(2)8-13(15)4/h8-9,14H,5-7H2,1-4H3,(H,18,19). The summed E-state index contributed by atoms with van der Waals surface area (Å²) < 4.78 is 0. The van der Waals surface area contributed by atoms with E-state index >= 15 is 0 Å². The lowest BCUT2D eigenvalue weighted by Crippen LogP contribution is -2.31. The Bertz CT molecular complexity index is 500. The van der Waals surface area contributed by atoms with Crippen molar-refractivity contribution in [3.05, 3.63) is 34.4 Å². The zero-order chi connectivity index (χ0) is 14.4. The van der Waals surface area contributed by atoms with Gasteiger partial charge in [0, 0.05) is 6.54 Å².